The monoisotopic (exact) mass is 581 g/mol. The Hall–Kier alpha value is -2.64. The fraction of sp³-hybridized carbons (Fsp3) is 0.741. The van der Waals surface area contributed by atoms with Crippen LogP contribution in [0.3, 0.4) is 0 Å². The minimum Gasteiger partial charge on any atom is -0.449 e. The van der Waals surface area contributed by atoms with Crippen molar-refractivity contribution in [3.8, 4) is 0 Å². The summed E-state index contributed by atoms with van der Waals surface area (Å²) in [5, 5.41) is -1.27. The Balaban J connectivity index is 2.00. The third-order valence-electron chi connectivity index (χ3n) is 7.50. The fourth-order valence-corrected chi connectivity index (χ4v) is 6.44. The number of alkyl halides is 1. The maximum atomic E-state index is 16.0. The second kappa shape index (κ2) is 12.1. The van der Waals surface area contributed by atoms with E-state index in [2.05, 4.69) is 28.8 Å². The summed E-state index contributed by atoms with van der Waals surface area (Å²) >= 11 is 0. The molecule has 0 aromatic carbocycles. The van der Waals surface area contributed by atoms with Gasteiger partial charge in [0.25, 0.3) is 0 Å². The molecule has 1 amide bonds. The molecule has 0 aliphatic carbocycles. The number of carbonyl (C=O) groups is 2. The number of nitrogens with zero attached hydrogens (tertiary/aromatic N) is 5. The van der Waals surface area contributed by atoms with Crippen molar-refractivity contribution < 1.29 is 32.9 Å². The van der Waals surface area contributed by atoms with Gasteiger partial charge in [-0.05, 0) is 47.5 Å². The number of hydrogen-bond acceptors (Lipinski definition) is 9. The number of carbonyl (C=O) groups excluding carboxylic acids is 2. The molecular weight excluding hydrogens is 537 g/mol. The van der Waals surface area contributed by atoms with Crippen LogP contribution < -0.4 is 4.90 Å². The van der Waals surface area contributed by atoms with E-state index in [1.807, 2.05) is 26.9 Å². The van der Waals surface area contributed by atoms with Gasteiger partial charge in [0.1, 0.15) is 12.5 Å². The summed E-state index contributed by atoms with van der Waals surface area (Å²) in [5.74, 6) is -0.149. The lowest BCUT2D eigenvalue weighted by atomic mass is 9.94. The van der Waals surface area contributed by atoms with Gasteiger partial charge in [-0.25, -0.2) is 29.0 Å². The number of aromatic nitrogens is 4. The van der Waals surface area contributed by atoms with Crippen molar-refractivity contribution in [2.24, 2.45) is 11.3 Å². The van der Waals surface area contributed by atoms with Crippen LogP contribution in [0.15, 0.2) is 12.7 Å². The molecular formula is C27H44FN5O6Si. The summed E-state index contributed by atoms with van der Waals surface area (Å²) < 4.78 is 40.9. The third kappa shape index (κ3) is 6.31. The molecule has 13 heteroatoms. The van der Waals surface area contributed by atoms with Crippen LogP contribution >= 0.6 is 0 Å². The van der Waals surface area contributed by atoms with Crippen LogP contribution in [-0.2, 0) is 29.1 Å². The van der Waals surface area contributed by atoms with Gasteiger partial charge in [-0.15, -0.1) is 0 Å². The molecule has 0 N–H and O–H groups in total. The molecule has 1 aliphatic rings. The summed E-state index contributed by atoms with van der Waals surface area (Å²) in [6.07, 6.45) is 0.381. The largest absolute Gasteiger partial charge is 0.449 e. The number of anilines is 1. The van der Waals surface area contributed by atoms with Crippen LogP contribution in [0.1, 0.15) is 61.8 Å². The van der Waals surface area contributed by atoms with E-state index in [1.54, 1.807) is 32.3 Å². The van der Waals surface area contributed by atoms with E-state index in [-0.39, 0.29) is 42.5 Å². The van der Waals surface area contributed by atoms with Crippen LogP contribution in [0.4, 0.5) is 15.0 Å². The molecule has 0 radical (unpaired) electrons. The molecule has 0 saturated carbocycles. The SMILES string of the molecule is CCOC(=O)N(COC(=O)C(C)(C)C)c1ncnc2c1ncn2[C@@]1([SiH](C)C)O[C@H](COC(C)(C)C(C)C)C[C@@H]1F. The summed E-state index contributed by atoms with van der Waals surface area (Å²) in [7, 11) is -1.92. The predicted molar refractivity (Wildman–Crippen MR) is 151 cm³/mol. The molecule has 3 atom stereocenters. The Bertz CT molecular complexity index is 1200. The lowest BCUT2D eigenvalue weighted by molar-refractivity contribution is -0.152. The standard InChI is InChI=1S/C27H44FN5O6Si/c1-11-36-24(35)32(16-37-23(34)25(4,5)6)21-20-22(30-14-29-21)33(15-31-20)27(40(9)10)19(28)12-18(39-27)13-38-26(7,8)17(2)3/h14-15,17-19,40H,11-13,16H2,1-10H3/t18-,19-,27+/m0/s1. The molecule has 2 aromatic heterocycles. The van der Waals surface area contributed by atoms with E-state index >= 15 is 4.39 Å². The molecule has 3 rings (SSSR count). The zero-order valence-corrected chi connectivity index (χ0v) is 26.5. The first-order chi connectivity index (χ1) is 18.6. The number of hydrogen-bond donors (Lipinski definition) is 0. The van der Waals surface area contributed by atoms with E-state index in [4.69, 9.17) is 18.9 Å². The van der Waals surface area contributed by atoms with E-state index in [0.29, 0.717) is 5.65 Å². The number of rotatable bonds is 10. The van der Waals surface area contributed by atoms with Crippen molar-refractivity contribution >= 4 is 37.8 Å². The molecule has 2 aromatic rings. The third-order valence-corrected chi connectivity index (χ3v) is 9.94. The highest BCUT2D eigenvalue weighted by atomic mass is 28.3. The topological polar surface area (TPSA) is 118 Å². The first kappa shape index (κ1) is 31.9. The Morgan fingerprint density at radius 3 is 2.45 bits per heavy atom. The van der Waals surface area contributed by atoms with Crippen LogP contribution in [0.5, 0.6) is 0 Å². The Morgan fingerprint density at radius 1 is 1.20 bits per heavy atom. The predicted octanol–water partition coefficient (Wildman–Crippen LogP) is 4.59. The number of esters is 1. The van der Waals surface area contributed by atoms with Gasteiger partial charge >= 0.3 is 12.1 Å². The van der Waals surface area contributed by atoms with Gasteiger partial charge in [0.15, 0.2) is 29.1 Å². The Morgan fingerprint density at radius 2 is 1.88 bits per heavy atom. The van der Waals surface area contributed by atoms with E-state index in [9.17, 15) is 9.59 Å². The molecule has 11 nitrogen and oxygen atoms in total. The average Bonchev–Trinajstić information content (AvgIpc) is 3.44. The minimum atomic E-state index is -1.92. The van der Waals surface area contributed by atoms with Gasteiger partial charge in [-0.3, -0.25) is 9.36 Å². The first-order valence-electron chi connectivity index (χ1n) is 13.8. The summed E-state index contributed by atoms with van der Waals surface area (Å²) in [5.41, 5.74) is -0.633. The quantitative estimate of drug-likeness (QED) is 0.225. The van der Waals surface area contributed by atoms with E-state index < -0.39 is 50.6 Å². The average molecular weight is 582 g/mol. The van der Waals surface area contributed by atoms with Gasteiger partial charge in [-0.2, -0.15) is 0 Å². The van der Waals surface area contributed by atoms with Crippen LogP contribution in [0, 0.1) is 11.3 Å². The number of imidazole rings is 1. The van der Waals surface area contributed by atoms with Gasteiger partial charge < -0.3 is 18.9 Å². The number of halogens is 1. The molecule has 3 heterocycles. The molecule has 0 spiro atoms. The molecule has 224 valence electrons. The Labute approximate surface area is 237 Å². The van der Waals surface area contributed by atoms with Crippen LogP contribution in [-0.4, -0.2) is 78.2 Å². The summed E-state index contributed by atoms with van der Waals surface area (Å²) in [6, 6.07) is 0. The minimum absolute atomic E-state index is 0.0800. The molecule has 40 heavy (non-hydrogen) atoms. The van der Waals surface area contributed by atoms with E-state index in [1.165, 1.54) is 12.7 Å². The smallest absolute Gasteiger partial charge is 0.418 e. The van der Waals surface area contributed by atoms with E-state index in [0.717, 1.165) is 4.90 Å². The van der Waals surface area contributed by atoms with Gasteiger partial charge in [0, 0.05) is 6.42 Å². The fourth-order valence-electron chi connectivity index (χ4n) is 4.37. The number of amides is 1. The van der Waals surface area contributed by atoms with Crippen LogP contribution in [0.2, 0.25) is 13.1 Å². The molecule has 1 aliphatic heterocycles. The summed E-state index contributed by atoms with van der Waals surface area (Å²) in [4.78, 5) is 39.6. The normalized spacial score (nSPS) is 21.8. The highest BCUT2D eigenvalue weighted by Gasteiger charge is 2.54. The van der Waals surface area contributed by atoms with Crippen molar-refractivity contribution in [3.05, 3.63) is 12.7 Å². The van der Waals surface area contributed by atoms with Gasteiger partial charge in [-0.1, -0.05) is 26.9 Å². The van der Waals surface area contributed by atoms with Gasteiger partial charge in [0.2, 0.25) is 0 Å². The van der Waals surface area contributed by atoms with Crippen LogP contribution in [0.25, 0.3) is 11.2 Å². The highest BCUT2D eigenvalue weighted by molar-refractivity contribution is 6.58. The molecule has 0 bridgehead atoms. The number of fused-ring (bicyclic) bond motifs is 1. The zero-order valence-electron chi connectivity index (χ0n) is 25.4. The second-order valence-corrected chi connectivity index (χ2v) is 15.5. The van der Waals surface area contributed by atoms with Crippen molar-refractivity contribution in [3.63, 3.8) is 0 Å². The second-order valence-electron chi connectivity index (χ2n) is 12.3. The number of ether oxygens (including phenoxy) is 4. The van der Waals surface area contributed by atoms with Crippen molar-refractivity contribution in [1.29, 1.82) is 0 Å². The van der Waals surface area contributed by atoms with Crippen molar-refractivity contribution in [2.45, 2.75) is 98.1 Å². The molecule has 1 saturated heterocycles. The Kier molecular flexibility index (Phi) is 9.62. The lowest BCUT2D eigenvalue weighted by Gasteiger charge is -2.36. The zero-order chi connectivity index (χ0) is 30.0. The van der Waals surface area contributed by atoms with Crippen molar-refractivity contribution in [1.82, 2.24) is 19.5 Å². The lowest BCUT2D eigenvalue weighted by Crippen LogP contribution is -2.51. The summed E-state index contributed by atoms with van der Waals surface area (Å²) in [6.45, 7) is 18.9. The molecule has 0 unspecified atom stereocenters. The van der Waals surface area contributed by atoms with Gasteiger partial charge in [0.05, 0.1) is 45.5 Å². The molecule has 1 fully saturated rings. The highest BCUT2D eigenvalue weighted by Crippen LogP contribution is 2.42. The maximum Gasteiger partial charge on any atom is 0.418 e. The maximum absolute atomic E-state index is 16.0. The van der Waals surface area contributed by atoms with Crippen molar-refractivity contribution in [2.75, 3.05) is 24.8 Å². The first-order valence-corrected chi connectivity index (χ1v) is 16.7.